The molecule has 20 heavy (non-hydrogen) atoms. The van der Waals surface area contributed by atoms with Crippen molar-refractivity contribution in [1.82, 2.24) is 5.32 Å². The molecule has 2 unspecified atom stereocenters. The molecule has 0 aliphatic rings. The molecule has 0 spiro atoms. The standard InChI is InChI=1S/C19H33N/c1-7-9-10-11-17(6)20-18(8-2)19-15(4)12-14(3)13-16(19)5/h12-13,17-18,20H,7-11H2,1-6H3. The van der Waals surface area contributed by atoms with E-state index in [0.717, 1.165) is 6.42 Å². The Bertz CT molecular complexity index is 385. The molecule has 0 aromatic heterocycles. The Hall–Kier alpha value is -0.820. The molecule has 1 aromatic rings. The van der Waals surface area contributed by atoms with E-state index in [1.165, 1.54) is 47.9 Å². The normalized spacial score (nSPS) is 14.3. The number of hydrogen-bond donors (Lipinski definition) is 1. The van der Waals surface area contributed by atoms with Gasteiger partial charge in [0.1, 0.15) is 0 Å². The summed E-state index contributed by atoms with van der Waals surface area (Å²) in [6.45, 7) is 13.6. The largest absolute Gasteiger partial charge is 0.307 e. The lowest BCUT2D eigenvalue weighted by atomic mass is 9.92. The van der Waals surface area contributed by atoms with E-state index < -0.39 is 0 Å². The summed E-state index contributed by atoms with van der Waals surface area (Å²) in [4.78, 5) is 0. The average molecular weight is 275 g/mol. The highest BCUT2D eigenvalue weighted by atomic mass is 14.9. The lowest BCUT2D eigenvalue weighted by molar-refractivity contribution is 0.413. The van der Waals surface area contributed by atoms with E-state index in [-0.39, 0.29) is 0 Å². The van der Waals surface area contributed by atoms with Gasteiger partial charge in [-0.1, -0.05) is 50.8 Å². The molecular formula is C19H33N. The van der Waals surface area contributed by atoms with Crippen LogP contribution in [0.3, 0.4) is 0 Å². The summed E-state index contributed by atoms with van der Waals surface area (Å²) in [5, 5.41) is 3.84. The second-order valence-corrected chi connectivity index (χ2v) is 6.34. The van der Waals surface area contributed by atoms with Crippen molar-refractivity contribution in [3.63, 3.8) is 0 Å². The SMILES string of the molecule is CCCCCC(C)NC(CC)c1c(C)cc(C)cc1C. The summed E-state index contributed by atoms with van der Waals surface area (Å²) in [7, 11) is 0. The second-order valence-electron chi connectivity index (χ2n) is 6.34. The minimum atomic E-state index is 0.493. The van der Waals surface area contributed by atoms with Crippen molar-refractivity contribution in [3.05, 3.63) is 34.4 Å². The number of unbranched alkanes of at least 4 members (excludes halogenated alkanes) is 2. The summed E-state index contributed by atoms with van der Waals surface area (Å²) >= 11 is 0. The predicted molar refractivity (Wildman–Crippen MR) is 90.4 cm³/mol. The van der Waals surface area contributed by atoms with E-state index in [2.05, 4.69) is 59.0 Å². The maximum atomic E-state index is 3.84. The molecule has 1 N–H and O–H groups in total. The fraction of sp³-hybridized carbons (Fsp3) is 0.684. The van der Waals surface area contributed by atoms with Gasteiger partial charge in [0, 0.05) is 12.1 Å². The van der Waals surface area contributed by atoms with Crippen LogP contribution in [0.15, 0.2) is 12.1 Å². The Balaban J connectivity index is 2.76. The zero-order valence-electron chi connectivity index (χ0n) is 14.3. The van der Waals surface area contributed by atoms with E-state index in [1.807, 2.05) is 0 Å². The molecule has 114 valence electrons. The van der Waals surface area contributed by atoms with Gasteiger partial charge in [0.2, 0.25) is 0 Å². The lowest BCUT2D eigenvalue weighted by Gasteiger charge is -2.26. The zero-order chi connectivity index (χ0) is 15.1. The second kappa shape index (κ2) is 8.46. The summed E-state index contributed by atoms with van der Waals surface area (Å²) in [5.41, 5.74) is 5.75. The van der Waals surface area contributed by atoms with Crippen LogP contribution >= 0.6 is 0 Å². The molecule has 1 aromatic carbocycles. The van der Waals surface area contributed by atoms with Gasteiger partial charge in [-0.3, -0.25) is 0 Å². The van der Waals surface area contributed by atoms with Gasteiger partial charge >= 0.3 is 0 Å². The van der Waals surface area contributed by atoms with Gasteiger partial charge in [0.05, 0.1) is 0 Å². The molecule has 0 bridgehead atoms. The van der Waals surface area contributed by atoms with Gasteiger partial charge < -0.3 is 5.32 Å². The van der Waals surface area contributed by atoms with Crippen molar-refractivity contribution < 1.29 is 0 Å². The molecule has 0 fully saturated rings. The van der Waals surface area contributed by atoms with Gasteiger partial charge in [-0.2, -0.15) is 0 Å². The van der Waals surface area contributed by atoms with E-state index in [1.54, 1.807) is 0 Å². The molecule has 0 aliphatic heterocycles. The first kappa shape index (κ1) is 17.2. The van der Waals surface area contributed by atoms with E-state index in [4.69, 9.17) is 0 Å². The molecule has 0 amide bonds. The zero-order valence-corrected chi connectivity index (χ0v) is 14.3. The third-order valence-electron chi connectivity index (χ3n) is 4.22. The van der Waals surface area contributed by atoms with Crippen molar-refractivity contribution in [3.8, 4) is 0 Å². The number of hydrogen-bond acceptors (Lipinski definition) is 1. The van der Waals surface area contributed by atoms with Crippen molar-refractivity contribution in [1.29, 1.82) is 0 Å². The monoisotopic (exact) mass is 275 g/mol. The molecule has 2 atom stereocenters. The van der Waals surface area contributed by atoms with Crippen LogP contribution in [0.4, 0.5) is 0 Å². The minimum Gasteiger partial charge on any atom is -0.307 e. The van der Waals surface area contributed by atoms with Crippen LogP contribution in [-0.4, -0.2) is 6.04 Å². The van der Waals surface area contributed by atoms with Crippen LogP contribution in [0.5, 0.6) is 0 Å². The molecule has 1 nitrogen and oxygen atoms in total. The average Bonchev–Trinajstić information content (AvgIpc) is 2.36. The lowest BCUT2D eigenvalue weighted by Crippen LogP contribution is -2.31. The highest BCUT2D eigenvalue weighted by molar-refractivity contribution is 5.39. The van der Waals surface area contributed by atoms with Crippen molar-refractivity contribution in [2.24, 2.45) is 0 Å². The molecule has 0 saturated heterocycles. The molecule has 1 heteroatoms. The highest BCUT2D eigenvalue weighted by Crippen LogP contribution is 2.26. The Labute approximate surface area is 126 Å². The number of rotatable bonds is 8. The van der Waals surface area contributed by atoms with Crippen molar-refractivity contribution in [2.45, 2.75) is 85.7 Å². The van der Waals surface area contributed by atoms with Gasteiger partial charge in [0.25, 0.3) is 0 Å². The van der Waals surface area contributed by atoms with E-state index in [9.17, 15) is 0 Å². The molecule has 0 aliphatic carbocycles. The Morgan fingerprint density at radius 1 is 1.00 bits per heavy atom. The van der Waals surface area contributed by atoms with Crippen LogP contribution in [0.2, 0.25) is 0 Å². The van der Waals surface area contributed by atoms with E-state index >= 15 is 0 Å². The molecule has 0 saturated carbocycles. The topological polar surface area (TPSA) is 12.0 Å². The maximum Gasteiger partial charge on any atom is 0.0325 e. The van der Waals surface area contributed by atoms with Crippen molar-refractivity contribution >= 4 is 0 Å². The van der Waals surface area contributed by atoms with Gasteiger partial charge in [0.15, 0.2) is 0 Å². The smallest absolute Gasteiger partial charge is 0.0325 e. The number of aryl methyl sites for hydroxylation is 3. The summed E-state index contributed by atoms with van der Waals surface area (Å²) in [6, 6.07) is 5.72. The molecular weight excluding hydrogens is 242 g/mol. The Morgan fingerprint density at radius 3 is 2.10 bits per heavy atom. The Kier molecular flexibility index (Phi) is 7.29. The first-order valence-electron chi connectivity index (χ1n) is 8.33. The number of nitrogens with one attached hydrogen (secondary N) is 1. The maximum absolute atomic E-state index is 3.84. The van der Waals surface area contributed by atoms with Crippen LogP contribution in [0, 0.1) is 20.8 Å². The third-order valence-corrected chi connectivity index (χ3v) is 4.22. The Morgan fingerprint density at radius 2 is 1.60 bits per heavy atom. The van der Waals surface area contributed by atoms with Gasteiger partial charge in [-0.05, 0) is 57.2 Å². The summed E-state index contributed by atoms with van der Waals surface area (Å²) < 4.78 is 0. The van der Waals surface area contributed by atoms with Crippen LogP contribution < -0.4 is 5.32 Å². The fourth-order valence-electron chi connectivity index (χ4n) is 3.27. The van der Waals surface area contributed by atoms with Crippen LogP contribution in [-0.2, 0) is 0 Å². The molecule has 0 radical (unpaired) electrons. The predicted octanol–water partition coefficient (Wildman–Crippen LogP) is 5.62. The quantitative estimate of drug-likeness (QED) is 0.607. The van der Waals surface area contributed by atoms with Gasteiger partial charge in [-0.25, -0.2) is 0 Å². The van der Waals surface area contributed by atoms with Crippen LogP contribution in [0.1, 0.15) is 81.2 Å². The van der Waals surface area contributed by atoms with Gasteiger partial charge in [-0.15, -0.1) is 0 Å². The van der Waals surface area contributed by atoms with Crippen molar-refractivity contribution in [2.75, 3.05) is 0 Å². The number of benzene rings is 1. The van der Waals surface area contributed by atoms with Crippen LogP contribution in [0.25, 0.3) is 0 Å². The summed E-state index contributed by atoms with van der Waals surface area (Å²) in [5.74, 6) is 0. The fourth-order valence-corrected chi connectivity index (χ4v) is 3.27. The highest BCUT2D eigenvalue weighted by Gasteiger charge is 2.16. The molecule has 1 rings (SSSR count). The van der Waals surface area contributed by atoms with E-state index in [0.29, 0.717) is 12.1 Å². The molecule has 0 heterocycles. The summed E-state index contributed by atoms with van der Waals surface area (Å²) in [6.07, 6.45) is 6.44. The third kappa shape index (κ3) is 4.94. The first-order chi connectivity index (χ1) is 9.49. The minimum absolute atomic E-state index is 0.493. The first-order valence-corrected chi connectivity index (χ1v) is 8.33.